The van der Waals surface area contributed by atoms with Crippen molar-refractivity contribution in [1.29, 1.82) is 0 Å². The lowest BCUT2D eigenvalue weighted by atomic mass is 10.4. The number of halogens is 2. The van der Waals surface area contributed by atoms with Crippen LogP contribution in [-0.2, 0) is 10.0 Å². The third-order valence-corrected chi connectivity index (χ3v) is 3.79. The van der Waals surface area contributed by atoms with E-state index in [-0.39, 0.29) is 16.0 Å². The smallest absolute Gasteiger partial charge is 0.263 e. The van der Waals surface area contributed by atoms with Gasteiger partial charge in [0.2, 0.25) is 5.28 Å². The molecule has 0 spiro atoms. The lowest BCUT2D eigenvalue weighted by Crippen LogP contribution is -2.13. The maximum Gasteiger partial charge on any atom is 0.263 e. The number of rotatable bonds is 3. The number of aromatic nitrogens is 2. The van der Waals surface area contributed by atoms with E-state index < -0.39 is 10.0 Å². The van der Waals surface area contributed by atoms with Crippen LogP contribution < -0.4 is 4.72 Å². The molecule has 0 saturated heterocycles. The fourth-order valence-corrected chi connectivity index (χ4v) is 2.48. The predicted octanol–water partition coefficient (Wildman–Crippen LogP) is 2.58. The van der Waals surface area contributed by atoms with Gasteiger partial charge in [-0.1, -0.05) is 11.6 Å². The van der Waals surface area contributed by atoms with Crippen LogP contribution in [0.15, 0.2) is 41.4 Å². The van der Waals surface area contributed by atoms with Gasteiger partial charge in [0.15, 0.2) is 0 Å². The van der Waals surface area contributed by atoms with Gasteiger partial charge in [0.25, 0.3) is 10.0 Å². The van der Waals surface area contributed by atoms with Gasteiger partial charge in [-0.25, -0.2) is 13.4 Å². The number of benzene rings is 1. The quantitative estimate of drug-likeness (QED) is 0.885. The normalized spacial score (nSPS) is 11.2. The first-order valence-electron chi connectivity index (χ1n) is 4.74. The summed E-state index contributed by atoms with van der Waals surface area (Å²) in [6, 6.07) is 7.17. The molecule has 5 nitrogen and oxygen atoms in total. The second-order valence-corrected chi connectivity index (χ2v) is 5.73. The van der Waals surface area contributed by atoms with Crippen LogP contribution in [0.25, 0.3) is 0 Å². The molecule has 0 amide bonds. The molecule has 18 heavy (non-hydrogen) atoms. The van der Waals surface area contributed by atoms with Crippen molar-refractivity contribution in [3.8, 4) is 0 Å². The Morgan fingerprint density at radius 2 is 1.72 bits per heavy atom. The maximum atomic E-state index is 12.0. The van der Waals surface area contributed by atoms with Crippen molar-refractivity contribution >= 4 is 39.0 Å². The summed E-state index contributed by atoms with van der Waals surface area (Å²) in [7, 11) is -3.70. The zero-order valence-electron chi connectivity index (χ0n) is 8.84. The Morgan fingerprint density at radius 1 is 1.06 bits per heavy atom. The highest BCUT2D eigenvalue weighted by atomic mass is 35.5. The average Bonchev–Trinajstić information content (AvgIpc) is 2.29. The standard InChI is InChI=1S/C10H7Cl2N3O2S/c11-7-1-3-8(4-2-7)18(16,17)15-9-5-6-13-10(12)14-9/h1-6H,(H,13,14,15). The molecule has 1 aromatic carbocycles. The highest BCUT2D eigenvalue weighted by Crippen LogP contribution is 2.17. The molecular weight excluding hydrogens is 297 g/mol. The Balaban J connectivity index is 2.30. The molecule has 0 radical (unpaired) electrons. The molecule has 0 aliphatic carbocycles. The molecule has 1 N–H and O–H groups in total. The third kappa shape index (κ3) is 3.10. The molecule has 94 valence electrons. The van der Waals surface area contributed by atoms with Gasteiger partial charge in [-0.15, -0.1) is 0 Å². The molecule has 0 atom stereocenters. The van der Waals surface area contributed by atoms with Gasteiger partial charge in [0.1, 0.15) is 5.82 Å². The zero-order chi connectivity index (χ0) is 13.2. The number of nitrogens with one attached hydrogen (secondary N) is 1. The molecule has 0 aliphatic rings. The van der Waals surface area contributed by atoms with E-state index in [0.29, 0.717) is 5.02 Å². The van der Waals surface area contributed by atoms with Crippen molar-refractivity contribution in [3.63, 3.8) is 0 Å². The van der Waals surface area contributed by atoms with Crippen LogP contribution in [0.1, 0.15) is 0 Å². The predicted molar refractivity (Wildman–Crippen MR) is 69.3 cm³/mol. The summed E-state index contributed by atoms with van der Waals surface area (Å²) in [5, 5.41) is 0.422. The fraction of sp³-hybridized carbons (Fsp3) is 0. The van der Waals surface area contributed by atoms with E-state index >= 15 is 0 Å². The Kier molecular flexibility index (Phi) is 3.70. The number of anilines is 1. The van der Waals surface area contributed by atoms with Gasteiger partial charge < -0.3 is 0 Å². The van der Waals surface area contributed by atoms with E-state index in [9.17, 15) is 8.42 Å². The summed E-state index contributed by atoms with van der Waals surface area (Å²) in [5.74, 6) is 0.102. The summed E-state index contributed by atoms with van der Waals surface area (Å²) in [5.41, 5.74) is 0. The van der Waals surface area contributed by atoms with Gasteiger partial charge >= 0.3 is 0 Å². The lowest BCUT2D eigenvalue weighted by molar-refractivity contribution is 0.601. The number of nitrogens with zero attached hydrogens (tertiary/aromatic N) is 2. The zero-order valence-corrected chi connectivity index (χ0v) is 11.2. The van der Waals surface area contributed by atoms with Crippen LogP contribution in [0.3, 0.4) is 0 Å². The van der Waals surface area contributed by atoms with Crippen molar-refractivity contribution in [2.75, 3.05) is 4.72 Å². The SMILES string of the molecule is O=S(=O)(Nc1ccnc(Cl)n1)c1ccc(Cl)cc1. The van der Waals surface area contributed by atoms with Gasteiger partial charge in [0.05, 0.1) is 4.90 Å². The molecule has 0 bridgehead atoms. The van der Waals surface area contributed by atoms with E-state index in [1.165, 1.54) is 36.5 Å². The topological polar surface area (TPSA) is 72.0 Å². The van der Waals surface area contributed by atoms with Crippen LogP contribution in [-0.4, -0.2) is 18.4 Å². The first-order chi connectivity index (χ1) is 8.47. The van der Waals surface area contributed by atoms with Gasteiger partial charge in [-0.05, 0) is 41.9 Å². The molecule has 2 aromatic rings. The van der Waals surface area contributed by atoms with Gasteiger partial charge in [-0.3, -0.25) is 4.72 Å². The molecule has 1 heterocycles. The Hall–Kier alpha value is -1.37. The van der Waals surface area contributed by atoms with E-state index in [2.05, 4.69) is 14.7 Å². The summed E-state index contributed by atoms with van der Waals surface area (Å²) in [6.45, 7) is 0. The Labute approximate surface area is 114 Å². The van der Waals surface area contributed by atoms with Crippen molar-refractivity contribution < 1.29 is 8.42 Å². The Bertz CT molecular complexity index is 659. The monoisotopic (exact) mass is 303 g/mol. The van der Waals surface area contributed by atoms with Crippen molar-refractivity contribution in [3.05, 3.63) is 46.8 Å². The molecular formula is C10H7Cl2N3O2S. The highest BCUT2D eigenvalue weighted by Gasteiger charge is 2.14. The minimum atomic E-state index is -3.70. The van der Waals surface area contributed by atoms with E-state index in [1.54, 1.807) is 0 Å². The molecule has 0 aliphatic heterocycles. The Morgan fingerprint density at radius 3 is 2.33 bits per heavy atom. The molecule has 0 fully saturated rings. The largest absolute Gasteiger partial charge is 0.263 e. The lowest BCUT2D eigenvalue weighted by Gasteiger charge is -2.06. The first-order valence-corrected chi connectivity index (χ1v) is 6.98. The number of hydrogen-bond donors (Lipinski definition) is 1. The maximum absolute atomic E-state index is 12.0. The molecule has 2 rings (SSSR count). The summed E-state index contributed by atoms with van der Waals surface area (Å²) < 4.78 is 26.2. The minimum Gasteiger partial charge on any atom is -0.263 e. The second kappa shape index (κ2) is 5.09. The number of hydrogen-bond acceptors (Lipinski definition) is 4. The molecule has 0 saturated carbocycles. The van der Waals surface area contributed by atoms with Crippen LogP contribution in [0, 0.1) is 0 Å². The van der Waals surface area contributed by atoms with Gasteiger partial charge in [-0.2, -0.15) is 4.98 Å². The summed E-state index contributed by atoms with van der Waals surface area (Å²) in [6.07, 6.45) is 1.36. The highest BCUT2D eigenvalue weighted by molar-refractivity contribution is 7.92. The summed E-state index contributed by atoms with van der Waals surface area (Å²) in [4.78, 5) is 7.48. The van der Waals surface area contributed by atoms with Crippen LogP contribution in [0.2, 0.25) is 10.3 Å². The van der Waals surface area contributed by atoms with Crippen LogP contribution in [0.5, 0.6) is 0 Å². The fourth-order valence-electron chi connectivity index (χ4n) is 1.20. The molecule has 8 heteroatoms. The minimum absolute atomic E-state index is 0.0358. The number of sulfonamides is 1. The second-order valence-electron chi connectivity index (χ2n) is 3.27. The van der Waals surface area contributed by atoms with Crippen LogP contribution in [0.4, 0.5) is 5.82 Å². The molecule has 1 aromatic heterocycles. The van der Waals surface area contributed by atoms with E-state index in [1.807, 2.05) is 0 Å². The summed E-state index contributed by atoms with van der Waals surface area (Å²) >= 11 is 11.3. The average molecular weight is 304 g/mol. The van der Waals surface area contributed by atoms with Crippen molar-refractivity contribution in [2.45, 2.75) is 4.90 Å². The van der Waals surface area contributed by atoms with Gasteiger partial charge in [0, 0.05) is 11.2 Å². The van der Waals surface area contributed by atoms with E-state index in [4.69, 9.17) is 23.2 Å². The van der Waals surface area contributed by atoms with Crippen LogP contribution >= 0.6 is 23.2 Å². The van der Waals surface area contributed by atoms with Crippen molar-refractivity contribution in [1.82, 2.24) is 9.97 Å². The van der Waals surface area contributed by atoms with E-state index in [0.717, 1.165) is 0 Å². The molecule has 0 unspecified atom stereocenters. The third-order valence-electron chi connectivity index (χ3n) is 1.99. The van der Waals surface area contributed by atoms with Crippen molar-refractivity contribution in [2.24, 2.45) is 0 Å². The first kappa shape index (κ1) is 13.1.